The molecule has 1 atom stereocenters. The smallest absolute Gasteiger partial charge is 0.258 e. The van der Waals surface area contributed by atoms with Crippen LogP contribution >= 0.6 is 0 Å². The third-order valence-corrected chi connectivity index (χ3v) is 2.12. The SMILES string of the molecule is CC(N)c1cccc(OCC(=O)NCC#N)c1. The van der Waals surface area contributed by atoms with E-state index in [9.17, 15) is 4.79 Å². The van der Waals surface area contributed by atoms with Gasteiger partial charge in [0.25, 0.3) is 5.91 Å². The summed E-state index contributed by atoms with van der Waals surface area (Å²) in [6.07, 6.45) is 0. The van der Waals surface area contributed by atoms with Crippen molar-refractivity contribution in [3.8, 4) is 11.8 Å². The molecule has 0 aliphatic heterocycles. The van der Waals surface area contributed by atoms with Gasteiger partial charge < -0.3 is 15.8 Å². The molecule has 1 unspecified atom stereocenters. The lowest BCUT2D eigenvalue weighted by Crippen LogP contribution is -2.29. The Morgan fingerprint density at radius 3 is 3.06 bits per heavy atom. The lowest BCUT2D eigenvalue weighted by molar-refractivity contribution is -0.122. The summed E-state index contributed by atoms with van der Waals surface area (Å²) in [5, 5.41) is 10.7. The van der Waals surface area contributed by atoms with E-state index < -0.39 is 0 Å². The Bertz CT molecular complexity index is 424. The van der Waals surface area contributed by atoms with Crippen molar-refractivity contribution < 1.29 is 9.53 Å². The predicted octanol–water partition coefficient (Wildman–Crippen LogP) is 0.725. The van der Waals surface area contributed by atoms with Gasteiger partial charge in [0.2, 0.25) is 0 Å². The first-order valence-corrected chi connectivity index (χ1v) is 5.25. The van der Waals surface area contributed by atoms with Crippen molar-refractivity contribution in [2.45, 2.75) is 13.0 Å². The second-order valence-corrected chi connectivity index (χ2v) is 3.58. The lowest BCUT2D eigenvalue weighted by Gasteiger charge is -2.09. The Morgan fingerprint density at radius 1 is 1.65 bits per heavy atom. The summed E-state index contributed by atoms with van der Waals surface area (Å²) in [5.41, 5.74) is 6.68. The molecule has 1 rings (SSSR count). The topological polar surface area (TPSA) is 88.1 Å². The number of hydrogen-bond acceptors (Lipinski definition) is 4. The van der Waals surface area contributed by atoms with Gasteiger partial charge in [-0.15, -0.1) is 0 Å². The zero-order chi connectivity index (χ0) is 12.7. The van der Waals surface area contributed by atoms with Crippen LogP contribution in [0.15, 0.2) is 24.3 Å². The van der Waals surface area contributed by atoms with E-state index in [0.717, 1.165) is 5.56 Å². The van der Waals surface area contributed by atoms with Crippen molar-refractivity contribution >= 4 is 5.91 Å². The van der Waals surface area contributed by atoms with E-state index in [4.69, 9.17) is 15.7 Å². The average Bonchev–Trinajstić information content (AvgIpc) is 2.34. The number of carbonyl (C=O) groups excluding carboxylic acids is 1. The Labute approximate surface area is 100 Å². The van der Waals surface area contributed by atoms with E-state index in [-0.39, 0.29) is 25.1 Å². The minimum atomic E-state index is -0.322. The van der Waals surface area contributed by atoms with Crippen LogP contribution in [0.3, 0.4) is 0 Å². The summed E-state index contributed by atoms with van der Waals surface area (Å²) in [7, 11) is 0. The van der Waals surface area contributed by atoms with Crippen LogP contribution in [0.1, 0.15) is 18.5 Å². The summed E-state index contributed by atoms with van der Waals surface area (Å²) >= 11 is 0. The molecule has 1 aromatic carbocycles. The molecule has 0 aliphatic carbocycles. The molecule has 1 amide bonds. The summed E-state index contributed by atoms with van der Waals surface area (Å²) in [6.45, 7) is 1.75. The van der Waals surface area contributed by atoms with Crippen molar-refractivity contribution in [1.82, 2.24) is 5.32 Å². The van der Waals surface area contributed by atoms with Crippen LogP contribution in [0.4, 0.5) is 0 Å². The molecule has 0 saturated heterocycles. The molecule has 0 fully saturated rings. The molecule has 0 bridgehead atoms. The molecule has 3 N–H and O–H groups in total. The van der Waals surface area contributed by atoms with Crippen molar-refractivity contribution in [2.75, 3.05) is 13.2 Å². The van der Waals surface area contributed by atoms with Gasteiger partial charge in [-0.3, -0.25) is 4.79 Å². The normalized spacial score (nSPS) is 11.4. The average molecular weight is 233 g/mol. The number of nitriles is 1. The number of ether oxygens (including phenoxy) is 1. The fourth-order valence-electron chi connectivity index (χ4n) is 1.23. The lowest BCUT2D eigenvalue weighted by atomic mass is 10.1. The molecule has 5 nitrogen and oxygen atoms in total. The number of nitrogens with zero attached hydrogens (tertiary/aromatic N) is 1. The van der Waals surface area contributed by atoms with Crippen molar-refractivity contribution in [1.29, 1.82) is 5.26 Å². The van der Waals surface area contributed by atoms with Crippen molar-refractivity contribution in [2.24, 2.45) is 5.73 Å². The van der Waals surface area contributed by atoms with E-state index in [0.29, 0.717) is 5.75 Å². The summed E-state index contributed by atoms with van der Waals surface area (Å²) in [5.74, 6) is 0.268. The molecule has 0 saturated carbocycles. The second kappa shape index (κ2) is 6.51. The fraction of sp³-hybridized carbons (Fsp3) is 0.333. The van der Waals surface area contributed by atoms with Gasteiger partial charge in [-0.05, 0) is 24.6 Å². The van der Waals surface area contributed by atoms with Crippen molar-refractivity contribution in [3.63, 3.8) is 0 Å². The Morgan fingerprint density at radius 2 is 2.41 bits per heavy atom. The van der Waals surface area contributed by atoms with Gasteiger partial charge in [-0.25, -0.2) is 0 Å². The monoisotopic (exact) mass is 233 g/mol. The second-order valence-electron chi connectivity index (χ2n) is 3.58. The highest BCUT2D eigenvalue weighted by Crippen LogP contribution is 2.17. The summed E-state index contributed by atoms with van der Waals surface area (Å²) in [4.78, 5) is 11.2. The first kappa shape index (κ1) is 13.0. The minimum absolute atomic E-state index is 0.0118. The predicted molar refractivity (Wildman–Crippen MR) is 63.2 cm³/mol. The van der Waals surface area contributed by atoms with Gasteiger partial charge in [-0.1, -0.05) is 12.1 Å². The maximum absolute atomic E-state index is 11.2. The molecular formula is C12H15N3O2. The molecule has 0 aliphatic rings. The van der Waals surface area contributed by atoms with Crippen LogP contribution in [0, 0.1) is 11.3 Å². The highest BCUT2D eigenvalue weighted by Gasteiger charge is 2.04. The highest BCUT2D eigenvalue weighted by molar-refractivity contribution is 5.77. The van der Waals surface area contributed by atoms with E-state index in [1.54, 1.807) is 12.1 Å². The van der Waals surface area contributed by atoms with E-state index in [1.807, 2.05) is 25.1 Å². The number of rotatable bonds is 5. The van der Waals surface area contributed by atoms with Gasteiger partial charge in [0.05, 0.1) is 6.07 Å². The zero-order valence-electron chi connectivity index (χ0n) is 9.64. The van der Waals surface area contributed by atoms with Crippen LogP contribution in [0.2, 0.25) is 0 Å². The number of nitrogens with one attached hydrogen (secondary N) is 1. The van der Waals surface area contributed by atoms with Crippen LogP contribution < -0.4 is 15.8 Å². The molecule has 0 heterocycles. The van der Waals surface area contributed by atoms with Crippen LogP contribution in [-0.4, -0.2) is 19.1 Å². The van der Waals surface area contributed by atoms with Gasteiger partial charge >= 0.3 is 0 Å². The zero-order valence-corrected chi connectivity index (χ0v) is 9.64. The first-order valence-electron chi connectivity index (χ1n) is 5.25. The highest BCUT2D eigenvalue weighted by atomic mass is 16.5. The standard InChI is InChI=1S/C12H15N3O2/c1-9(14)10-3-2-4-11(7-10)17-8-12(16)15-6-5-13/h2-4,7,9H,6,8,14H2,1H3,(H,15,16). The quantitative estimate of drug-likeness (QED) is 0.734. The number of carbonyl (C=O) groups is 1. The van der Waals surface area contributed by atoms with Gasteiger partial charge in [0.1, 0.15) is 12.3 Å². The molecule has 17 heavy (non-hydrogen) atoms. The Kier molecular flexibility index (Phi) is 4.98. The largest absolute Gasteiger partial charge is 0.484 e. The van der Waals surface area contributed by atoms with Gasteiger partial charge in [-0.2, -0.15) is 5.26 Å². The third kappa shape index (κ3) is 4.53. The Balaban J connectivity index is 2.49. The van der Waals surface area contributed by atoms with Crippen molar-refractivity contribution in [3.05, 3.63) is 29.8 Å². The number of amides is 1. The molecule has 0 radical (unpaired) electrons. The first-order chi connectivity index (χ1) is 8.13. The molecule has 5 heteroatoms. The maximum Gasteiger partial charge on any atom is 0.258 e. The molecule has 90 valence electrons. The molecule has 0 aromatic heterocycles. The van der Waals surface area contributed by atoms with Crippen LogP contribution in [0.25, 0.3) is 0 Å². The molecular weight excluding hydrogens is 218 g/mol. The van der Waals surface area contributed by atoms with Crippen LogP contribution in [-0.2, 0) is 4.79 Å². The summed E-state index contributed by atoms with van der Waals surface area (Å²) in [6, 6.07) is 9.00. The number of benzene rings is 1. The maximum atomic E-state index is 11.2. The van der Waals surface area contributed by atoms with Gasteiger partial charge in [0, 0.05) is 6.04 Å². The van der Waals surface area contributed by atoms with E-state index in [2.05, 4.69) is 5.32 Å². The van der Waals surface area contributed by atoms with Gasteiger partial charge in [0.15, 0.2) is 6.61 Å². The molecule has 1 aromatic rings. The number of hydrogen-bond donors (Lipinski definition) is 2. The third-order valence-electron chi connectivity index (χ3n) is 2.12. The van der Waals surface area contributed by atoms with E-state index in [1.165, 1.54) is 0 Å². The number of nitrogens with two attached hydrogens (primary N) is 1. The summed E-state index contributed by atoms with van der Waals surface area (Å²) < 4.78 is 5.28. The minimum Gasteiger partial charge on any atom is -0.484 e. The van der Waals surface area contributed by atoms with E-state index >= 15 is 0 Å². The Hall–Kier alpha value is -2.06. The molecule has 0 spiro atoms. The van der Waals surface area contributed by atoms with Crippen LogP contribution in [0.5, 0.6) is 5.75 Å². The fourth-order valence-corrected chi connectivity index (χ4v) is 1.23.